The number of benzene rings is 2. The Labute approximate surface area is 155 Å². The average molecular weight is 373 g/mol. The van der Waals surface area contributed by atoms with Crippen LogP contribution in [-0.4, -0.2) is 37.6 Å². The van der Waals surface area contributed by atoms with Crippen molar-refractivity contribution in [3.63, 3.8) is 0 Å². The fraction of sp³-hybridized carbons (Fsp3) is 0.222. The topological polar surface area (TPSA) is 120 Å². The zero-order chi connectivity index (χ0) is 19.8. The molecular formula is C18H19N3O6. The highest BCUT2D eigenvalue weighted by Gasteiger charge is 2.18. The van der Waals surface area contributed by atoms with Crippen LogP contribution >= 0.6 is 0 Å². The number of methoxy groups -OCH3 is 1. The summed E-state index contributed by atoms with van der Waals surface area (Å²) in [7, 11) is 3.06. The Bertz CT molecular complexity index is 853. The van der Waals surface area contributed by atoms with Crippen molar-refractivity contribution in [3.8, 4) is 5.75 Å². The Kier molecular flexibility index (Phi) is 6.70. The van der Waals surface area contributed by atoms with Crippen LogP contribution in [0.4, 0.5) is 11.4 Å². The minimum Gasteiger partial charge on any atom is -0.496 e. The third kappa shape index (κ3) is 5.18. The Balaban J connectivity index is 1.92. The maximum absolute atomic E-state index is 12.0. The molecule has 0 spiro atoms. The first-order valence-electron chi connectivity index (χ1n) is 7.98. The molecule has 0 heterocycles. The van der Waals surface area contributed by atoms with Crippen molar-refractivity contribution >= 4 is 23.3 Å². The first-order valence-corrected chi connectivity index (χ1v) is 7.98. The standard InChI is InChI=1S/C18H19N3O6/c1-19-14-8-7-12(9-15(14)21(24)25)18(23)27-11-17(22)20-10-13-5-3-4-6-16(13)26-2/h3-9,19H,10-11H2,1-2H3,(H,20,22). The molecule has 2 N–H and O–H groups in total. The number of hydrogen-bond acceptors (Lipinski definition) is 7. The number of amides is 1. The minimum atomic E-state index is -0.826. The SMILES string of the molecule is CNc1ccc(C(=O)OCC(=O)NCc2ccccc2OC)cc1[N+](=O)[O-]. The van der Waals surface area contributed by atoms with E-state index >= 15 is 0 Å². The first kappa shape index (κ1) is 19.7. The molecule has 27 heavy (non-hydrogen) atoms. The quantitative estimate of drug-likeness (QED) is 0.413. The molecule has 1 amide bonds. The summed E-state index contributed by atoms with van der Waals surface area (Å²) < 4.78 is 10.1. The van der Waals surface area contributed by atoms with Crippen LogP contribution < -0.4 is 15.4 Å². The van der Waals surface area contributed by atoms with E-state index in [0.29, 0.717) is 5.75 Å². The van der Waals surface area contributed by atoms with Crippen molar-refractivity contribution < 1.29 is 24.0 Å². The minimum absolute atomic E-state index is 0.0155. The molecule has 0 aliphatic carbocycles. The number of carbonyl (C=O) groups is 2. The molecule has 0 fully saturated rings. The highest BCUT2D eigenvalue weighted by molar-refractivity contribution is 5.93. The Morgan fingerprint density at radius 2 is 1.93 bits per heavy atom. The molecule has 2 aromatic rings. The zero-order valence-electron chi connectivity index (χ0n) is 14.9. The number of hydrogen-bond donors (Lipinski definition) is 2. The number of rotatable bonds is 8. The van der Waals surface area contributed by atoms with E-state index < -0.39 is 23.4 Å². The zero-order valence-corrected chi connectivity index (χ0v) is 14.9. The van der Waals surface area contributed by atoms with E-state index in [0.717, 1.165) is 11.6 Å². The van der Waals surface area contributed by atoms with E-state index in [1.54, 1.807) is 12.1 Å². The van der Waals surface area contributed by atoms with Crippen LogP contribution in [0.15, 0.2) is 42.5 Å². The summed E-state index contributed by atoms with van der Waals surface area (Å²) in [5.41, 5.74) is 0.773. The van der Waals surface area contributed by atoms with E-state index in [4.69, 9.17) is 9.47 Å². The predicted octanol–water partition coefficient (Wildman–Crippen LogP) is 2.12. The molecule has 0 aliphatic heterocycles. The van der Waals surface area contributed by atoms with Gasteiger partial charge >= 0.3 is 5.97 Å². The molecule has 142 valence electrons. The van der Waals surface area contributed by atoms with Gasteiger partial charge in [0.15, 0.2) is 6.61 Å². The maximum atomic E-state index is 12.0. The van der Waals surface area contributed by atoms with Crippen LogP contribution in [-0.2, 0) is 16.1 Å². The second-order valence-corrected chi connectivity index (χ2v) is 5.40. The summed E-state index contributed by atoms with van der Waals surface area (Å²) in [5.74, 6) is -0.699. The maximum Gasteiger partial charge on any atom is 0.338 e. The van der Waals surface area contributed by atoms with Crippen LogP contribution in [0.1, 0.15) is 15.9 Å². The third-order valence-electron chi connectivity index (χ3n) is 3.70. The van der Waals surface area contributed by atoms with Gasteiger partial charge in [-0.3, -0.25) is 14.9 Å². The molecule has 0 bridgehead atoms. The van der Waals surface area contributed by atoms with Crippen molar-refractivity contribution in [1.29, 1.82) is 0 Å². The van der Waals surface area contributed by atoms with Gasteiger partial charge in [-0.15, -0.1) is 0 Å². The van der Waals surface area contributed by atoms with Gasteiger partial charge in [0.2, 0.25) is 0 Å². The van der Waals surface area contributed by atoms with Gasteiger partial charge < -0.3 is 20.1 Å². The fourth-order valence-corrected chi connectivity index (χ4v) is 2.33. The second-order valence-electron chi connectivity index (χ2n) is 5.40. The van der Waals surface area contributed by atoms with E-state index in [1.165, 1.54) is 26.3 Å². The molecule has 9 heteroatoms. The summed E-state index contributed by atoms with van der Waals surface area (Å²) in [6, 6.07) is 11.1. The van der Waals surface area contributed by atoms with Gasteiger partial charge in [-0.1, -0.05) is 18.2 Å². The van der Waals surface area contributed by atoms with Crippen molar-refractivity contribution in [2.24, 2.45) is 0 Å². The normalized spacial score (nSPS) is 10.0. The van der Waals surface area contributed by atoms with Gasteiger partial charge in [0.25, 0.3) is 11.6 Å². The molecule has 0 aromatic heterocycles. The van der Waals surface area contributed by atoms with Gasteiger partial charge in [-0.25, -0.2) is 4.79 Å². The van der Waals surface area contributed by atoms with Gasteiger partial charge in [0.05, 0.1) is 17.6 Å². The lowest BCUT2D eigenvalue weighted by Gasteiger charge is -2.10. The number of nitro groups is 1. The lowest BCUT2D eigenvalue weighted by molar-refractivity contribution is -0.384. The first-order chi connectivity index (χ1) is 13.0. The number of anilines is 1. The fourth-order valence-electron chi connectivity index (χ4n) is 2.33. The largest absolute Gasteiger partial charge is 0.496 e. The summed E-state index contributed by atoms with van der Waals surface area (Å²) >= 11 is 0. The van der Waals surface area contributed by atoms with Crippen LogP contribution in [0.2, 0.25) is 0 Å². The summed E-state index contributed by atoms with van der Waals surface area (Å²) in [6.45, 7) is -0.293. The third-order valence-corrected chi connectivity index (χ3v) is 3.70. The summed E-state index contributed by atoms with van der Waals surface area (Å²) in [4.78, 5) is 34.3. The van der Waals surface area contributed by atoms with Gasteiger partial charge in [-0.05, 0) is 18.2 Å². The summed E-state index contributed by atoms with van der Waals surface area (Å²) in [6.07, 6.45) is 0. The predicted molar refractivity (Wildman–Crippen MR) is 97.8 cm³/mol. The van der Waals surface area contributed by atoms with E-state index in [2.05, 4.69) is 10.6 Å². The lowest BCUT2D eigenvalue weighted by atomic mass is 10.1. The second kappa shape index (κ2) is 9.18. The summed E-state index contributed by atoms with van der Waals surface area (Å²) in [5, 5.41) is 16.3. The molecule has 0 saturated heterocycles. The van der Waals surface area contributed by atoms with Gasteiger partial charge in [-0.2, -0.15) is 0 Å². The van der Waals surface area contributed by atoms with E-state index in [9.17, 15) is 19.7 Å². The number of nitrogens with zero attached hydrogens (tertiary/aromatic N) is 1. The number of nitro benzene ring substituents is 1. The number of ether oxygens (including phenoxy) is 2. The smallest absolute Gasteiger partial charge is 0.338 e. The number of para-hydroxylation sites is 1. The van der Waals surface area contributed by atoms with Crippen molar-refractivity contribution in [2.45, 2.75) is 6.54 Å². The van der Waals surface area contributed by atoms with Crippen LogP contribution in [0.3, 0.4) is 0 Å². The van der Waals surface area contributed by atoms with E-state index in [1.807, 2.05) is 12.1 Å². The van der Waals surface area contributed by atoms with Crippen molar-refractivity contribution in [3.05, 3.63) is 63.7 Å². The highest BCUT2D eigenvalue weighted by Crippen LogP contribution is 2.25. The molecule has 2 rings (SSSR count). The number of carbonyl (C=O) groups excluding carboxylic acids is 2. The van der Waals surface area contributed by atoms with Gasteiger partial charge in [0.1, 0.15) is 11.4 Å². The van der Waals surface area contributed by atoms with Crippen molar-refractivity contribution in [1.82, 2.24) is 5.32 Å². The molecule has 0 atom stereocenters. The molecular weight excluding hydrogens is 354 g/mol. The van der Waals surface area contributed by atoms with Crippen LogP contribution in [0.25, 0.3) is 0 Å². The molecule has 0 radical (unpaired) electrons. The Morgan fingerprint density at radius 1 is 1.19 bits per heavy atom. The lowest BCUT2D eigenvalue weighted by Crippen LogP contribution is -2.28. The number of esters is 1. The Hall–Kier alpha value is -3.62. The molecule has 0 aliphatic rings. The highest BCUT2D eigenvalue weighted by atomic mass is 16.6. The van der Waals surface area contributed by atoms with Crippen LogP contribution in [0.5, 0.6) is 5.75 Å². The molecule has 0 unspecified atom stereocenters. The number of nitrogens with one attached hydrogen (secondary N) is 2. The Morgan fingerprint density at radius 3 is 2.59 bits per heavy atom. The monoisotopic (exact) mass is 373 g/mol. The van der Waals surface area contributed by atoms with E-state index in [-0.39, 0.29) is 23.5 Å². The van der Waals surface area contributed by atoms with Crippen molar-refractivity contribution in [2.75, 3.05) is 26.1 Å². The molecule has 2 aromatic carbocycles. The molecule has 0 saturated carbocycles. The van der Waals surface area contributed by atoms with Crippen LogP contribution in [0, 0.1) is 10.1 Å². The average Bonchev–Trinajstić information content (AvgIpc) is 2.69. The van der Waals surface area contributed by atoms with Gasteiger partial charge in [0, 0.05) is 25.2 Å². The molecule has 9 nitrogen and oxygen atoms in total.